The van der Waals surface area contributed by atoms with E-state index in [4.69, 9.17) is 4.74 Å². The summed E-state index contributed by atoms with van der Waals surface area (Å²) >= 11 is 3.44. The van der Waals surface area contributed by atoms with Crippen LogP contribution in [0.5, 0.6) is 5.75 Å². The van der Waals surface area contributed by atoms with Gasteiger partial charge in [-0.2, -0.15) is 0 Å². The van der Waals surface area contributed by atoms with E-state index < -0.39 is 0 Å². The topological polar surface area (TPSA) is 39.9 Å². The number of halogens is 1. The second-order valence-electron chi connectivity index (χ2n) is 4.19. The molecule has 96 valence electrons. The van der Waals surface area contributed by atoms with Gasteiger partial charge in [0.05, 0.1) is 18.2 Å². The molecule has 0 atom stereocenters. The Morgan fingerprint density at radius 3 is 2.84 bits per heavy atom. The zero-order valence-electron chi connectivity index (χ0n) is 10.6. The van der Waals surface area contributed by atoms with E-state index in [2.05, 4.69) is 25.9 Å². The Balaban J connectivity index is 2.27. The number of benzene rings is 1. The summed E-state index contributed by atoms with van der Waals surface area (Å²) in [5.41, 5.74) is 2.69. The van der Waals surface area contributed by atoms with Crippen LogP contribution in [0.4, 0.5) is 0 Å². The first kappa shape index (κ1) is 12.2. The van der Waals surface area contributed by atoms with Crippen LogP contribution in [0.15, 0.2) is 41.0 Å². The van der Waals surface area contributed by atoms with Gasteiger partial charge in [0, 0.05) is 17.7 Å². The van der Waals surface area contributed by atoms with Gasteiger partial charge in [0.1, 0.15) is 11.6 Å². The molecule has 0 aliphatic carbocycles. The van der Waals surface area contributed by atoms with E-state index in [1.165, 1.54) is 0 Å². The number of hydrogen-bond donors (Lipinski definition) is 0. The lowest BCUT2D eigenvalue weighted by molar-refractivity contribution is 0.415. The zero-order chi connectivity index (χ0) is 13.4. The highest BCUT2D eigenvalue weighted by Gasteiger charge is 2.14. The Labute approximate surface area is 119 Å². The number of methoxy groups -OCH3 is 1. The molecule has 0 aliphatic heterocycles. The molecule has 19 heavy (non-hydrogen) atoms. The molecule has 0 bridgehead atoms. The van der Waals surface area contributed by atoms with Gasteiger partial charge in [-0.1, -0.05) is 15.9 Å². The van der Waals surface area contributed by atoms with Gasteiger partial charge in [0.2, 0.25) is 0 Å². The van der Waals surface area contributed by atoms with Gasteiger partial charge >= 0.3 is 0 Å². The molecule has 1 aromatic carbocycles. The van der Waals surface area contributed by atoms with Crippen molar-refractivity contribution < 1.29 is 4.74 Å². The molecule has 3 rings (SSSR count). The third-order valence-corrected chi connectivity index (χ3v) is 3.55. The molecule has 2 aromatic heterocycles. The van der Waals surface area contributed by atoms with Crippen LogP contribution in [0.3, 0.4) is 0 Å². The van der Waals surface area contributed by atoms with Gasteiger partial charge in [0.15, 0.2) is 5.65 Å². The van der Waals surface area contributed by atoms with Crippen LogP contribution in [0.25, 0.3) is 22.6 Å². The molecule has 0 saturated heterocycles. The van der Waals surface area contributed by atoms with Crippen LogP contribution in [-0.4, -0.2) is 21.6 Å². The van der Waals surface area contributed by atoms with E-state index in [1.807, 2.05) is 41.9 Å². The Kier molecular flexibility index (Phi) is 2.98. The summed E-state index contributed by atoms with van der Waals surface area (Å²) in [5, 5.41) is 0. The molecule has 0 radical (unpaired) electrons. The van der Waals surface area contributed by atoms with Crippen LogP contribution < -0.4 is 4.74 Å². The van der Waals surface area contributed by atoms with Crippen molar-refractivity contribution in [2.45, 2.75) is 0 Å². The molecule has 0 saturated carbocycles. The number of hydrogen-bond acceptors (Lipinski definition) is 3. The maximum atomic E-state index is 5.43. The fourth-order valence-electron chi connectivity index (χ4n) is 2.12. The number of ether oxygens (including phenoxy) is 1. The van der Waals surface area contributed by atoms with Crippen LogP contribution in [-0.2, 0) is 7.05 Å². The van der Waals surface area contributed by atoms with Gasteiger partial charge in [-0.25, -0.2) is 9.97 Å². The number of rotatable bonds is 2. The third kappa shape index (κ3) is 2.00. The predicted molar refractivity (Wildman–Crippen MR) is 78.2 cm³/mol. The molecule has 2 heterocycles. The maximum Gasteiger partial charge on any atom is 0.178 e. The van der Waals surface area contributed by atoms with Crippen molar-refractivity contribution in [1.29, 1.82) is 0 Å². The van der Waals surface area contributed by atoms with Crippen LogP contribution in [0.2, 0.25) is 0 Å². The van der Waals surface area contributed by atoms with Gasteiger partial charge in [0.25, 0.3) is 0 Å². The van der Waals surface area contributed by atoms with E-state index in [9.17, 15) is 0 Å². The summed E-state index contributed by atoms with van der Waals surface area (Å²) in [6.07, 6.45) is 1.75. The van der Waals surface area contributed by atoms with E-state index in [-0.39, 0.29) is 0 Å². The molecule has 0 fully saturated rings. The molecule has 0 spiro atoms. The van der Waals surface area contributed by atoms with E-state index in [1.54, 1.807) is 13.3 Å². The van der Waals surface area contributed by atoms with Crippen molar-refractivity contribution in [1.82, 2.24) is 14.5 Å². The average molecular weight is 318 g/mol. The van der Waals surface area contributed by atoms with E-state index in [0.717, 1.165) is 32.8 Å². The Bertz CT molecular complexity index is 752. The molecular formula is C14H12BrN3O. The number of fused-ring (bicyclic) bond motifs is 1. The Morgan fingerprint density at radius 1 is 1.26 bits per heavy atom. The monoisotopic (exact) mass is 317 g/mol. The minimum Gasteiger partial charge on any atom is -0.496 e. The second-order valence-corrected chi connectivity index (χ2v) is 5.10. The number of pyridine rings is 1. The highest BCUT2D eigenvalue weighted by molar-refractivity contribution is 9.10. The van der Waals surface area contributed by atoms with Crippen molar-refractivity contribution >= 4 is 27.1 Å². The Hall–Kier alpha value is -1.88. The molecule has 0 unspecified atom stereocenters. The summed E-state index contributed by atoms with van der Waals surface area (Å²) in [5.74, 6) is 1.63. The largest absolute Gasteiger partial charge is 0.496 e. The molecule has 0 aliphatic rings. The first-order chi connectivity index (χ1) is 9.20. The lowest BCUT2D eigenvalue weighted by Crippen LogP contribution is -1.95. The summed E-state index contributed by atoms with van der Waals surface area (Å²) in [6, 6.07) is 9.81. The van der Waals surface area contributed by atoms with Crippen molar-refractivity contribution in [2.24, 2.45) is 7.05 Å². The third-order valence-electron chi connectivity index (χ3n) is 3.06. The first-order valence-electron chi connectivity index (χ1n) is 5.82. The van der Waals surface area contributed by atoms with E-state index in [0.29, 0.717) is 0 Å². The van der Waals surface area contributed by atoms with Crippen molar-refractivity contribution in [3.8, 4) is 17.1 Å². The van der Waals surface area contributed by atoms with E-state index >= 15 is 0 Å². The number of aryl methyl sites for hydroxylation is 1. The summed E-state index contributed by atoms with van der Waals surface area (Å²) in [4.78, 5) is 8.86. The maximum absolute atomic E-state index is 5.43. The van der Waals surface area contributed by atoms with Crippen LogP contribution >= 0.6 is 15.9 Å². The fraction of sp³-hybridized carbons (Fsp3) is 0.143. The average Bonchev–Trinajstić information content (AvgIpc) is 2.76. The van der Waals surface area contributed by atoms with Crippen LogP contribution in [0, 0.1) is 0 Å². The normalized spacial score (nSPS) is 10.9. The van der Waals surface area contributed by atoms with Crippen molar-refractivity contribution in [2.75, 3.05) is 7.11 Å². The number of aromatic nitrogens is 3. The molecular weight excluding hydrogens is 306 g/mol. The van der Waals surface area contributed by atoms with Crippen molar-refractivity contribution in [3.05, 3.63) is 41.0 Å². The second kappa shape index (κ2) is 4.66. The Morgan fingerprint density at radius 2 is 2.11 bits per heavy atom. The lowest BCUT2D eigenvalue weighted by atomic mass is 10.2. The van der Waals surface area contributed by atoms with Gasteiger partial charge in [-0.3, -0.25) is 0 Å². The SMILES string of the molecule is COc1cc(Br)ccc1-c1nc2ncccc2n1C. The number of nitrogens with zero attached hydrogens (tertiary/aromatic N) is 3. The number of imidazole rings is 1. The minimum absolute atomic E-state index is 0.741. The minimum atomic E-state index is 0.741. The van der Waals surface area contributed by atoms with Crippen LogP contribution in [0.1, 0.15) is 0 Å². The summed E-state index contributed by atoms with van der Waals surface area (Å²) in [7, 11) is 3.64. The van der Waals surface area contributed by atoms with Gasteiger partial charge in [-0.15, -0.1) is 0 Å². The molecule has 4 nitrogen and oxygen atoms in total. The molecule has 3 aromatic rings. The highest BCUT2D eigenvalue weighted by Crippen LogP contribution is 2.32. The molecule has 0 N–H and O–H groups in total. The van der Waals surface area contributed by atoms with Gasteiger partial charge in [-0.05, 0) is 30.3 Å². The van der Waals surface area contributed by atoms with Crippen molar-refractivity contribution in [3.63, 3.8) is 0 Å². The smallest absolute Gasteiger partial charge is 0.178 e. The predicted octanol–water partition coefficient (Wildman–Crippen LogP) is 3.41. The molecule has 0 amide bonds. The molecule has 5 heteroatoms. The summed E-state index contributed by atoms with van der Waals surface area (Å²) < 4.78 is 8.43. The quantitative estimate of drug-likeness (QED) is 0.727. The van der Waals surface area contributed by atoms with Gasteiger partial charge < -0.3 is 9.30 Å². The fourth-order valence-corrected chi connectivity index (χ4v) is 2.46. The highest BCUT2D eigenvalue weighted by atomic mass is 79.9. The zero-order valence-corrected chi connectivity index (χ0v) is 12.2. The standard InChI is InChI=1S/C14H12BrN3O/c1-18-11-4-3-7-16-13(11)17-14(18)10-6-5-9(15)8-12(10)19-2/h3-8H,1-2H3. The first-order valence-corrected chi connectivity index (χ1v) is 6.61. The summed E-state index contributed by atoms with van der Waals surface area (Å²) in [6.45, 7) is 0. The lowest BCUT2D eigenvalue weighted by Gasteiger charge is -2.08.